The molecular formula is C19H22F3N3O5S. The summed E-state index contributed by atoms with van der Waals surface area (Å²) in [6, 6.07) is 6.52. The van der Waals surface area contributed by atoms with Gasteiger partial charge in [-0.3, -0.25) is 4.79 Å². The standard InChI is InChI=1S/C19H22F3N3O5S/c1-4-25(5-2)31(27,28)13-8-9-16(29-3)15(11-13)24-17(26)14-7-6-10-23-18(14)30-12-19(20,21)22/h6-11H,4-5,12H2,1-3H3,(H,24,26). The molecule has 1 amide bonds. The van der Waals surface area contributed by atoms with Crippen LogP contribution in [0, 0.1) is 0 Å². The van der Waals surface area contributed by atoms with Gasteiger partial charge in [0, 0.05) is 19.3 Å². The van der Waals surface area contributed by atoms with Crippen LogP contribution in [0.1, 0.15) is 24.2 Å². The van der Waals surface area contributed by atoms with E-state index in [0.29, 0.717) is 0 Å². The van der Waals surface area contributed by atoms with Crippen LogP contribution in [0.2, 0.25) is 0 Å². The van der Waals surface area contributed by atoms with Gasteiger partial charge in [0.25, 0.3) is 5.91 Å². The molecule has 1 N–H and O–H groups in total. The van der Waals surface area contributed by atoms with Crippen LogP contribution in [-0.4, -0.2) is 56.6 Å². The molecule has 2 rings (SSSR count). The van der Waals surface area contributed by atoms with E-state index in [2.05, 4.69) is 15.0 Å². The third-order valence-corrected chi connectivity index (χ3v) is 6.20. The van der Waals surface area contributed by atoms with E-state index in [1.54, 1.807) is 13.8 Å². The average Bonchev–Trinajstić information content (AvgIpc) is 2.72. The molecule has 0 aliphatic carbocycles. The zero-order valence-corrected chi connectivity index (χ0v) is 17.9. The van der Waals surface area contributed by atoms with Gasteiger partial charge in [0.05, 0.1) is 17.7 Å². The number of pyridine rings is 1. The summed E-state index contributed by atoms with van der Waals surface area (Å²) in [5, 5.41) is 2.45. The topological polar surface area (TPSA) is 97.8 Å². The van der Waals surface area contributed by atoms with Gasteiger partial charge in [0.2, 0.25) is 15.9 Å². The third-order valence-electron chi connectivity index (χ3n) is 4.15. The van der Waals surface area contributed by atoms with Crippen molar-refractivity contribution in [3.63, 3.8) is 0 Å². The Balaban J connectivity index is 2.37. The van der Waals surface area contributed by atoms with Gasteiger partial charge in [-0.05, 0) is 30.3 Å². The zero-order valence-electron chi connectivity index (χ0n) is 17.1. The summed E-state index contributed by atoms with van der Waals surface area (Å²) in [6.07, 6.45) is -3.43. The van der Waals surface area contributed by atoms with Crippen molar-refractivity contribution in [2.24, 2.45) is 0 Å². The predicted octanol–water partition coefficient (Wildman–Crippen LogP) is 3.31. The Hall–Kier alpha value is -2.86. The van der Waals surface area contributed by atoms with Crippen molar-refractivity contribution in [2.75, 3.05) is 32.1 Å². The van der Waals surface area contributed by atoms with Crippen molar-refractivity contribution in [1.82, 2.24) is 9.29 Å². The van der Waals surface area contributed by atoms with E-state index in [9.17, 15) is 26.4 Å². The molecular weight excluding hydrogens is 439 g/mol. The largest absolute Gasteiger partial charge is 0.495 e. The molecule has 0 fully saturated rings. The van der Waals surface area contributed by atoms with E-state index in [-0.39, 0.29) is 35.0 Å². The van der Waals surface area contributed by atoms with E-state index in [1.807, 2.05) is 0 Å². The maximum Gasteiger partial charge on any atom is 0.422 e. The third kappa shape index (κ3) is 6.07. The van der Waals surface area contributed by atoms with Crippen molar-refractivity contribution >= 4 is 21.6 Å². The Labute approximate surface area is 178 Å². The van der Waals surface area contributed by atoms with Gasteiger partial charge in [-0.25, -0.2) is 13.4 Å². The Morgan fingerprint density at radius 2 is 1.87 bits per heavy atom. The van der Waals surface area contributed by atoms with E-state index in [0.717, 1.165) is 0 Å². The number of amides is 1. The molecule has 31 heavy (non-hydrogen) atoms. The Morgan fingerprint density at radius 3 is 2.45 bits per heavy atom. The Morgan fingerprint density at radius 1 is 1.19 bits per heavy atom. The predicted molar refractivity (Wildman–Crippen MR) is 107 cm³/mol. The number of methoxy groups -OCH3 is 1. The van der Waals surface area contributed by atoms with Crippen molar-refractivity contribution < 1.29 is 35.9 Å². The van der Waals surface area contributed by atoms with Gasteiger partial charge >= 0.3 is 6.18 Å². The molecule has 1 aromatic heterocycles. The normalized spacial score (nSPS) is 12.0. The Bertz CT molecular complexity index is 1020. The summed E-state index contributed by atoms with van der Waals surface area (Å²) in [5.41, 5.74) is -0.239. The van der Waals surface area contributed by atoms with Crippen LogP contribution >= 0.6 is 0 Å². The number of carbonyl (C=O) groups excluding carboxylic acids is 1. The summed E-state index contributed by atoms with van der Waals surface area (Å²) < 4.78 is 74.0. The van der Waals surface area contributed by atoms with Gasteiger partial charge in [0.15, 0.2) is 6.61 Å². The van der Waals surface area contributed by atoms with Gasteiger partial charge in [-0.15, -0.1) is 0 Å². The molecule has 0 atom stereocenters. The highest BCUT2D eigenvalue weighted by atomic mass is 32.2. The van der Waals surface area contributed by atoms with E-state index >= 15 is 0 Å². The molecule has 0 aliphatic rings. The first-order valence-corrected chi connectivity index (χ1v) is 10.6. The van der Waals surface area contributed by atoms with Crippen LogP contribution in [0.3, 0.4) is 0 Å². The molecule has 0 saturated carbocycles. The molecule has 0 bridgehead atoms. The highest BCUT2D eigenvalue weighted by molar-refractivity contribution is 7.89. The summed E-state index contributed by atoms with van der Waals surface area (Å²) in [5.74, 6) is -1.20. The second-order valence-electron chi connectivity index (χ2n) is 6.17. The molecule has 0 spiro atoms. The van der Waals surface area contributed by atoms with Crippen LogP contribution in [0.25, 0.3) is 0 Å². The molecule has 0 aliphatic heterocycles. The lowest BCUT2D eigenvalue weighted by Crippen LogP contribution is -2.30. The number of alkyl halides is 3. The van der Waals surface area contributed by atoms with E-state index in [1.165, 1.54) is 47.9 Å². The SMILES string of the molecule is CCN(CC)S(=O)(=O)c1ccc(OC)c(NC(=O)c2cccnc2OCC(F)(F)F)c1. The number of carbonyl (C=O) groups is 1. The number of nitrogens with zero attached hydrogens (tertiary/aromatic N) is 2. The van der Waals surface area contributed by atoms with Crippen molar-refractivity contribution in [2.45, 2.75) is 24.9 Å². The second kappa shape index (κ2) is 9.96. The molecule has 0 radical (unpaired) electrons. The first kappa shape index (κ1) is 24.4. The summed E-state index contributed by atoms with van der Waals surface area (Å²) in [4.78, 5) is 16.3. The van der Waals surface area contributed by atoms with Crippen molar-refractivity contribution in [3.05, 3.63) is 42.1 Å². The number of hydrogen-bond acceptors (Lipinski definition) is 6. The highest BCUT2D eigenvalue weighted by Gasteiger charge is 2.30. The molecule has 2 aromatic rings. The fourth-order valence-electron chi connectivity index (χ4n) is 2.68. The number of hydrogen-bond donors (Lipinski definition) is 1. The minimum atomic E-state index is -4.61. The zero-order chi connectivity index (χ0) is 23.2. The fraction of sp³-hybridized carbons (Fsp3) is 0.368. The van der Waals surface area contributed by atoms with Gasteiger partial charge in [-0.1, -0.05) is 13.8 Å². The first-order valence-electron chi connectivity index (χ1n) is 9.17. The average molecular weight is 461 g/mol. The van der Waals surface area contributed by atoms with Crippen LogP contribution < -0.4 is 14.8 Å². The summed E-state index contributed by atoms with van der Waals surface area (Å²) >= 11 is 0. The van der Waals surface area contributed by atoms with Crippen LogP contribution in [0.5, 0.6) is 11.6 Å². The summed E-state index contributed by atoms with van der Waals surface area (Å²) in [6.45, 7) is 2.27. The van der Waals surface area contributed by atoms with Crippen LogP contribution in [-0.2, 0) is 10.0 Å². The maximum absolute atomic E-state index is 12.8. The van der Waals surface area contributed by atoms with Gasteiger partial charge in [-0.2, -0.15) is 17.5 Å². The van der Waals surface area contributed by atoms with Gasteiger partial charge < -0.3 is 14.8 Å². The molecule has 170 valence electrons. The van der Waals surface area contributed by atoms with Crippen molar-refractivity contribution in [3.8, 4) is 11.6 Å². The number of ether oxygens (including phenoxy) is 2. The monoisotopic (exact) mass is 461 g/mol. The number of benzene rings is 1. The molecule has 12 heteroatoms. The van der Waals surface area contributed by atoms with Gasteiger partial charge in [0.1, 0.15) is 11.3 Å². The molecule has 8 nitrogen and oxygen atoms in total. The molecule has 0 unspecified atom stereocenters. The lowest BCUT2D eigenvalue weighted by molar-refractivity contribution is -0.154. The minimum Gasteiger partial charge on any atom is -0.495 e. The summed E-state index contributed by atoms with van der Waals surface area (Å²) in [7, 11) is -2.49. The number of aromatic nitrogens is 1. The number of anilines is 1. The molecule has 1 aromatic carbocycles. The van der Waals surface area contributed by atoms with Crippen LogP contribution in [0.4, 0.5) is 18.9 Å². The lowest BCUT2D eigenvalue weighted by Gasteiger charge is -2.20. The molecule has 0 saturated heterocycles. The molecule has 1 heterocycles. The smallest absolute Gasteiger partial charge is 0.422 e. The van der Waals surface area contributed by atoms with E-state index in [4.69, 9.17) is 4.74 Å². The number of halogens is 3. The number of nitrogens with one attached hydrogen (secondary N) is 1. The quantitative estimate of drug-likeness (QED) is 0.615. The van der Waals surface area contributed by atoms with E-state index < -0.39 is 34.6 Å². The maximum atomic E-state index is 12.8. The number of sulfonamides is 1. The first-order chi connectivity index (χ1) is 14.5. The number of rotatable bonds is 9. The fourth-order valence-corrected chi connectivity index (χ4v) is 4.16. The van der Waals surface area contributed by atoms with Crippen LogP contribution in [0.15, 0.2) is 41.4 Å². The lowest BCUT2D eigenvalue weighted by atomic mass is 10.2. The second-order valence-corrected chi connectivity index (χ2v) is 8.10. The van der Waals surface area contributed by atoms with Crippen molar-refractivity contribution in [1.29, 1.82) is 0 Å². The Kier molecular flexibility index (Phi) is 7.85. The minimum absolute atomic E-state index is 0.0198. The highest BCUT2D eigenvalue weighted by Crippen LogP contribution is 2.30.